The van der Waals surface area contributed by atoms with Crippen molar-refractivity contribution in [1.82, 2.24) is 9.55 Å². The van der Waals surface area contributed by atoms with E-state index in [1.54, 1.807) is 7.11 Å². The molecule has 23 heavy (non-hydrogen) atoms. The quantitative estimate of drug-likeness (QED) is 0.920. The number of ether oxygens (including phenoxy) is 2. The summed E-state index contributed by atoms with van der Waals surface area (Å²) in [7, 11) is 1.67. The average Bonchev–Trinajstić information content (AvgIpc) is 2.90. The Bertz CT molecular complexity index is 683. The first-order chi connectivity index (χ1) is 11.2. The normalized spacial score (nSPS) is 21.5. The van der Waals surface area contributed by atoms with E-state index in [9.17, 15) is 4.79 Å². The highest BCUT2D eigenvalue weighted by molar-refractivity contribution is 5.93. The van der Waals surface area contributed by atoms with Gasteiger partial charge in [-0.05, 0) is 31.9 Å². The van der Waals surface area contributed by atoms with E-state index in [1.165, 1.54) is 0 Å². The highest BCUT2D eigenvalue weighted by Crippen LogP contribution is 2.24. The molecule has 2 aromatic rings. The molecule has 1 aromatic heterocycles. The van der Waals surface area contributed by atoms with Crippen molar-refractivity contribution >= 4 is 22.9 Å². The molecule has 1 aliphatic rings. The van der Waals surface area contributed by atoms with Crippen molar-refractivity contribution in [3.8, 4) is 0 Å². The average molecular weight is 317 g/mol. The number of hydrogen-bond acceptors (Lipinski definition) is 4. The molecule has 0 radical (unpaired) electrons. The standard InChI is InChI=1S/C17H23N3O3/c1-12-13(6-5-10-23-12)16(21)19-17-18-14-7-3-4-8-15(14)20(17)9-11-22-2/h3-4,7-8,12-13H,5-6,9-11H2,1-2H3,(H,18,19,21). The van der Waals surface area contributed by atoms with Crippen molar-refractivity contribution in [2.24, 2.45) is 5.92 Å². The minimum atomic E-state index is -0.126. The van der Waals surface area contributed by atoms with Gasteiger partial charge in [-0.3, -0.25) is 10.1 Å². The Hall–Kier alpha value is -1.92. The van der Waals surface area contributed by atoms with Crippen LogP contribution in [0.15, 0.2) is 24.3 Å². The minimum absolute atomic E-state index is 0.0221. The molecule has 0 bridgehead atoms. The molecule has 124 valence electrons. The summed E-state index contributed by atoms with van der Waals surface area (Å²) in [6.45, 7) is 3.89. The van der Waals surface area contributed by atoms with Crippen molar-refractivity contribution in [2.45, 2.75) is 32.4 Å². The van der Waals surface area contributed by atoms with E-state index in [2.05, 4.69) is 10.3 Å². The zero-order chi connectivity index (χ0) is 16.2. The number of amides is 1. The lowest BCUT2D eigenvalue weighted by Gasteiger charge is -2.27. The smallest absolute Gasteiger partial charge is 0.232 e. The Kier molecular flexibility index (Phi) is 4.93. The van der Waals surface area contributed by atoms with E-state index in [-0.39, 0.29) is 17.9 Å². The van der Waals surface area contributed by atoms with Gasteiger partial charge in [-0.15, -0.1) is 0 Å². The van der Waals surface area contributed by atoms with Gasteiger partial charge in [0.15, 0.2) is 0 Å². The Morgan fingerprint density at radius 2 is 2.30 bits per heavy atom. The molecule has 0 aliphatic carbocycles. The van der Waals surface area contributed by atoms with E-state index in [1.807, 2.05) is 35.8 Å². The lowest BCUT2D eigenvalue weighted by molar-refractivity contribution is -0.127. The molecule has 2 atom stereocenters. The zero-order valence-electron chi connectivity index (χ0n) is 13.6. The van der Waals surface area contributed by atoms with Crippen molar-refractivity contribution in [3.63, 3.8) is 0 Å². The maximum atomic E-state index is 12.6. The van der Waals surface area contributed by atoms with E-state index >= 15 is 0 Å². The highest BCUT2D eigenvalue weighted by Gasteiger charge is 2.29. The van der Waals surface area contributed by atoms with Crippen LogP contribution in [0.1, 0.15) is 19.8 Å². The number of hydrogen-bond donors (Lipinski definition) is 1. The number of imidazole rings is 1. The van der Waals surface area contributed by atoms with Crippen LogP contribution in [0, 0.1) is 5.92 Å². The summed E-state index contributed by atoms with van der Waals surface area (Å²) in [5.41, 5.74) is 1.86. The minimum Gasteiger partial charge on any atom is -0.383 e. The number of methoxy groups -OCH3 is 1. The van der Waals surface area contributed by atoms with E-state index in [0.717, 1.165) is 30.5 Å². The molecule has 0 saturated carbocycles. The molecule has 2 unspecified atom stereocenters. The molecular weight excluding hydrogens is 294 g/mol. The van der Waals surface area contributed by atoms with Crippen LogP contribution in [-0.2, 0) is 20.8 Å². The third kappa shape index (κ3) is 3.38. The maximum Gasteiger partial charge on any atom is 0.232 e. The van der Waals surface area contributed by atoms with Crippen molar-refractivity contribution < 1.29 is 14.3 Å². The fourth-order valence-corrected chi connectivity index (χ4v) is 3.05. The summed E-state index contributed by atoms with van der Waals surface area (Å²) in [5.74, 6) is 0.427. The van der Waals surface area contributed by atoms with Crippen LogP contribution >= 0.6 is 0 Å². The number of para-hydroxylation sites is 2. The largest absolute Gasteiger partial charge is 0.383 e. The predicted molar refractivity (Wildman–Crippen MR) is 88.4 cm³/mol. The number of aromatic nitrogens is 2. The van der Waals surface area contributed by atoms with Crippen LogP contribution in [0.25, 0.3) is 11.0 Å². The zero-order valence-corrected chi connectivity index (χ0v) is 13.6. The molecule has 1 amide bonds. The maximum absolute atomic E-state index is 12.6. The molecule has 2 heterocycles. The number of nitrogens with one attached hydrogen (secondary N) is 1. The summed E-state index contributed by atoms with van der Waals surface area (Å²) in [4.78, 5) is 17.2. The van der Waals surface area contributed by atoms with Crippen molar-refractivity contribution in [3.05, 3.63) is 24.3 Å². The fourth-order valence-electron chi connectivity index (χ4n) is 3.05. The van der Waals surface area contributed by atoms with Gasteiger partial charge in [-0.25, -0.2) is 4.98 Å². The molecule has 0 spiro atoms. The molecule has 6 heteroatoms. The van der Waals surface area contributed by atoms with E-state index in [0.29, 0.717) is 19.1 Å². The molecule has 1 fully saturated rings. The van der Waals surface area contributed by atoms with Crippen LogP contribution in [-0.4, -0.2) is 41.9 Å². The molecule has 6 nitrogen and oxygen atoms in total. The summed E-state index contributed by atoms with van der Waals surface area (Å²) in [6, 6.07) is 7.86. The number of anilines is 1. The van der Waals surface area contributed by atoms with Crippen LogP contribution in [0.3, 0.4) is 0 Å². The van der Waals surface area contributed by atoms with Gasteiger partial charge in [0.25, 0.3) is 0 Å². The Balaban J connectivity index is 1.84. The summed E-state index contributed by atoms with van der Waals surface area (Å²) >= 11 is 0. The first-order valence-electron chi connectivity index (χ1n) is 8.07. The van der Waals surface area contributed by atoms with Gasteiger partial charge in [-0.2, -0.15) is 0 Å². The van der Waals surface area contributed by atoms with Crippen LogP contribution in [0.5, 0.6) is 0 Å². The van der Waals surface area contributed by atoms with Crippen LogP contribution in [0.4, 0.5) is 5.95 Å². The monoisotopic (exact) mass is 317 g/mol. The second kappa shape index (κ2) is 7.10. The number of carbonyl (C=O) groups is 1. The highest BCUT2D eigenvalue weighted by atomic mass is 16.5. The number of fused-ring (bicyclic) bond motifs is 1. The number of nitrogens with zero attached hydrogens (tertiary/aromatic N) is 2. The Morgan fingerprint density at radius 1 is 1.48 bits per heavy atom. The van der Waals surface area contributed by atoms with Crippen molar-refractivity contribution in [2.75, 3.05) is 25.6 Å². The topological polar surface area (TPSA) is 65.4 Å². The van der Waals surface area contributed by atoms with Crippen molar-refractivity contribution in [1.29, 1.82) is 0 Å². The van der Waals surface area contributed by atoms with E-state index < -0.39 is 0 Å². The lowest BCUT2D eigenvalue weighted by Crippen LogP contribution is -2.37. The fraction of sp³-hybridized carbons (Fsp3) is 0.529. The first kappa shape index (κ1) is 16.0. The predicted octanol–water partition coefficient (Wildman–Crippen LogP) is 2.44. The SMILES string of the molecule is COCCn1c(NC(=O)C2CCCOC2C)nc2ccccc21. The molecule has 1 N–H and O–H groups in total. The van der Waals surface area contributed by atoms with Gasteiger partial charge < -0.3 is 14.0 Å². The Morgan fingerprint density at radius 3 is 3.09 bits per heavy atom. The Labute approximate surface area is 135 Å². The van der Waals surface area contributed by atoms with Crippen LogP contribution < -0.4 is 5.32 Å². The van der Waals surface area contributed by atoms with Gasteiger partial charge in [0.1, 0.15) is 0 Å². The molecule has 1 aliphatic heterocycles. The molecule has 1 aromatic carbocycles. The number of benzene rings is 1. The summed E-state index contributed by atoms with van der Waals surface area (Å²) in [6.07, 6.45) is 1.72. The van der Waals surface area contributed by atoms with Gasteiger partial charge in [-0.1, -0.05) is 12.1 Å². The number of rotatable bonds is 5. The second-order valence-corrected chi connectivity index (χ2v) is 5.88. The van der Waals surface area contributed by atoms with E-state index in [4.69, 9.17) is 9.47 Å². The summed E-state index contributed by atoms with van der Waals surface area (Å²) < 4.78 is 12.8. The third-order valence-electron chi connectivity index (χ3n) is 4.35. The third-order valence-corrected chi connectivity index (χ3v) is 4.35. The number of carbonyl (C=O) groups excluding carboxylic acids is 1. The molecule has 1 saturated heterocycles. The second-order valence-electron chi connectivity index (χ2n) is 5.88. The van der Waals surface area contributed by atoms with Gasteiger partial charge in [0.05, 0.1) is 29.7 Å². The molecule has 3 rings (SSSR count). The summed E-state index contributed by atoms with van der Waals surface area (Å²) in [5, 5.41) is 2.99. The molecular formula is C17H23N3O3. The van der Waals surface area contributed by atoms with Gasteiger partial charge in [0.2, 0.25) is 11.9 Å². The van der Waals surface area contributed by atoms with Gasteiger partial charge in [0, 0.05) is 20.3 Å². The first-order valence-corrected chi connectivity index (χ1v) is 8.07. The lowest BCUT2D eigenvalue weighted by atomic mass is 9.94. The van der Waals surface area contributed by atoms with Crippen LogP contribution in [0.2, 0.25) is 0 Å². The van der Waals surface area contributed by atoms with Gasteiger partial charge >= 0.3 is 0 Å².